The second-order valence-corrected chi connectivity index (χ2v) is 9.91. The van der Waals surface area contributed by atoms with Gasteiger partial charge in [0, 0.05) is 38.3 Å². The predicted molar refractivity (Wildman–Crippen MR) is 149 cm³/mol. The van der Waals surface area contributed by atoms with Crippen molar-refractivity contribution in [3.05, 3.63) is 72.0 Å². The molecule has 0 bridgehead atoms. The van der Waals surface area contributed by atoms with Gasteiger partial charge in [-0.05, 0) is 48.7 Å². The molecule has 8 nitrogen and oxygen atoms in total. The van der Waals surface area contributed by atoms with Crippen molar-refractivity contribution in [3.63, 3.8) is 0 Å². The highest BCUT2D eigenvalue weighted by molar-refractivity contribution is 5.96. The van der Waals surface area contributed by atoms with Crippen LogP contribution in [0.4, 0.5) is 10.2 Å². The quantitative estimate of drug-likeness (QED) is 0.403. The van der Waals surface area contributed by atoms with Crippen molar-refractivity contribution in [3.8, 4) is 17.0 Å². The molecule has 1 saturated heterocycles. The van der Waals surface area contributed by atoms with Crippen molar-refractivity contribution in [2.75, 3.05) is 51.3 Å². The number of hydrogen-bond acceptors (Lipinski definition) is 6. The van der Waals surface area contributed by atoms with Crippen molar-refractivity contribution in [1.29, 1.82) is 0 Å². The third-order valence-electron chi connectivity index (χ3n) is 7.14. The number of benzene rings is 2. The molecule has 39 heavy (non-hydrogen) atoms. The van der Waals surface area contributed by atoms with Crippen LogP contribution in [0, 0.1) is 11.7 Å². The van der Waals surface area contributed by atoms with Gasteiger partial charge in [-0.2, -0.15) is 0 Å². The number of anilines is 1. The zero-order valence-electron chi connectivity index (χ0n) is 22.8. The highest BCUT2D eigenvalue weighted by atomic mass is 19.1. The number of carbonyl (C=O) groups is 2. The Morgan fingerprint density at radius 2 is 1.85 bits per heavy atom. The normalized spacial score (nSPS) is 14.5. The van der Waals surface area contributed by atoms with Crippen LogP contribution in [0.15, 0.2) is 60.7 Å². The fourth-order valence-electron chi connectivity index (χ4n) is 4.62. The maximum atomic E-state index is 14.4. The zero-order valence-corrected chi connectivity index (χ0v) is 22.8. The molecule has 4 rings (SSSR count). The van der Waals surface area contributed by atoms with Crippen LogP contribution in [-0.2, 0) is 4.79 Å². The van der Waals surface area contributed by atoms with Gasteiger partial charge in [-0.15, -0.1) is 10.2 Å². The third-order valence-corrected chi connectivity index (χ3v) is 7.14. The highest BCUT2D eigenvalue weighted by Gasteiger charge is 2.26. The Hall–Kier alpha value is -4.01. The van der Waals surface area contributed by atoms with Gasteiger partial charge < -0.3 is 19.4 Å². The molecule has 2 heterocycles. The number of hydrogen-bond donors (Lipinski definition) is 0. The summed E-state index contributed by atoms with van der Waals surface area (Å²) < 4.78 is 19.7. The van der Waals surface area contributed by atoms with E-state index in [2.05, 4.69) is 15.1 Å². The predicted octanol–water partition coefficient (Wildman–Crippen LogP) is 4.52. The molecule has 206 valence electrons. The van der Waals surface area contributed by atoms with Gasteiger partial charge in [-0.3, -0.25) is 9.59 Å². The lowest BCUT2D eigenvalue weighted by molar-refractivity contribution is -0.131. The Morgan fingerprint density at radius 3 is 2.56 bits per heavy atom. The van der Waals surface area contributed by atoms with E-state index in [0.717, 1.165) is 42.2 Å². The van der Waals surface area contributed by atoms with E-state index in [4.69, 9.17) is 4.74 Å². The molecule has 1 fully saturated rings. The van der Waals surface area contributed by atoms with Crippen LogP contribution >= 0.6 is 0 Å². The minimum Gasteiger partial charge on any atom is -0.497 e. The second-order valence-electron chi connectivity index (χ2n) is 9.91. The first kappa shape index (κ1) is 28.0. The second kappa shape index (κ2) is 13.2. The van der Waals surface area contributed by atoms with E-state index in [9.17, 15) is 14.0 Å². The molecule has 0 radical (unpaired) electrons. The monoisotopic (exact) mass is 533 g/mol. The molecule has 0 aliphatic carbocycles. The van der Waals surface area contributed by atoms with Gasteiger partial charge in [0.25, 0.3) is 5.91 Å². The molecule has 0 saturated carbocycles. The lowest BCUT2D eigenvalue weighted by Gasteiger charge is -2.29. The van der Waals surface area contributed by atoms with E-state index in [1.807, 2.05) is 50.2 Å². The summed E-state index contributed by atoms with van der Waals surface area (Å²) in [6.07, 6.45) is 1.61. The molecule has 3 aromatic rings. The van der Waals surface area contributed by atoms with E-state index >= 15 is 0 Å². The van der Waals surface area contributed by atoms with Gasteiger partial charge in [-0.25, -0.2) is 4.39 Å². The fraction of sp³-hybridized carbons (Fsp3) is 0.400. The lowest BCUT2D eigenvalue weighted by atomic mass is 10.1. The lowest BCUT2D eigenvalue weighted by Crippen LogP contribution is -2.45. The Balaban J connectivity index is 1.40. The molecule has 2 amide bonds. The Bertz CT molecular complexity index is 1270. The summed E-state index contributed by atoms with van der Waals surface area (Å²) >= 11 is 0. The number of halogens is 1. The molecule has 1 aromatic heterocycles. The van der Waals surface area contributed by atoms with E-state index in [0.29, 0.717) is 26.2 Å². The van der Waals surface area contributed by atoms with E-state index in [-0.39, 0.29) is 23.9 Å². The summed E-state index contributed by atoms with van der Waals surface area (Å²) in [5.74, 6) is 0.534. The highest BCUT2D eigenvalue weighted by Crippen LogP contribution is 2.23. The van der Waals surface area contributed by atoms with E-state index in [1.54, 1.807) is 24.1 Å². The molecular formula is C30H36FN5O3. The fourth-order valence-corrected chi connectivity index (χ4v) is 4.62. The molecule has 0 N–H and O–H groups in total. The van der Waals surface area contributed by atoms with Crippen molar-refractivity contribution < 1.29 is 18.7 Å². The molecule has 1 aliphatic heterocycles. The number of amides is 2. The average molecular weight is 534 g/mol. The first-order chi connectivity index (χ1) is 18.9. The summed E-state index contributed by atoms with van der Waals surface area (Å²) in [6, 6.07) is 17.5. The van der Waals surface area contributed by atoms with Crippen molar-refractivity contribution in [2.24, 2.45) is 5.92 Å². The van der Waals surface area contributed by atoms with Crippen LogP contribution in [-0.4, -0.2) is 78.2 Å². The van der Waals surface area contributed by atoms with Crippen LogP contribution in [0.5, 0.6) is 5.75 Å². The molecule has 1 aliphatic rings. The minimum absolute atomic E-state index is 0.00777. The van der Waals surface area contributed by atoms with Gasteiger partial charge in [-0.1, -0.05) is 44.5 Å². The SMILES string of the molecule is CC[C@@H](C)CN(CC(=O)N1CCCN(c2ccc(-c3cccc(OC)c3)nn2)CC1)C(=O)c1ccccc1F. The molecule has 0 unspecified atom stereocenters. The Labute approximate surface area is 229 Å². The topological polar surface area (TPSA) is 78.9 Å². The van der Waals surface area contributed by atoms with Gasteiger partial charge in [0.2, 0.25) is 5.91 Å². The van der Waals surface area contributed by atoms with Crippen LogP contribution in [0.3, 0.4) is 0 Å². The smallest absolute Gasteiger partial charge is 0.257 e. The molecular weight excluding hydrogens is 497 g/mol. The third kappa shape index (κ3) is 7.10. The maximum absolute atomic E-state index is 14.4. The van der Waals surface area contributed by atoms with Crippen molar-refractivity contribution >= 4 is 17.6 Å². The summed E-state index contributed by atoms with van der Waals surface area (Å²) in [7, 11) is 1.63. The molecule has 9 heteroatoms. The van der Waals surface area contributed by atoms with E-state index in [1.165, 1.54) is 17.0 Å². The van der Waals surface area contributed by atoms with Gasteiger partial charge >= 0.3 is 0 Å². The summed E-state index contributed by atoms with van der Waals surface area (Å²) in [4.78, 5) is 31.9. The van der Waals surface area contributed by atoms with Gasteiger partial charge in [0.05, 0.1) is 18.4 Å². The molecule has 2 aromatic carbocycles. The summed E-state index contributed by atoms with van der Waals surface area (Å²) in [5.41, 5.74) is 1.67. The average Bonchev–Trinajstić information content (AvgIpc) is 3.23. The molecule has 0 spiro atoms. The first-order valence-electron chi connectivity index (χ1n) is 13.4. The standard InChI is InChI=1S/C30H36FN5O3/c1-4-22(2)20-36(30(38)25-11-5-6-12-26(25)31)21-29(37)35-16-8-15-34(17-18-35)28-14-13-27(32-33-28)23-9-7-10-24(19-23)39-3/h5-7,9-14,19,22H,4,8,15-18,20-21H2,1-3H3/t22-/m1/s1. The Morgan fingerprint density at radius 1 is 1.03 bits per heavy atom. The summed E-state index contributed by atoms with van der Waals surface area (Å²) in [5, 5.41) is 8.86. The van der Waals surface area contributed by atoms with Gasteiger partial charge in [0.15, 0.2) is 5.82 Å². The number of rotatable bonds is 9. The zero-order chi connectivity index (χ0) is 27.8. The Kier molecular flexibility index (Phi) is 9.46. The first-order valence-corrected chi connectivity index (χ1v) is 13.4. The van der Waals surface area contributed by atoms with Crippen LogP contribution in [0.2, 0.25) is 0 Å². The number of ether oxygens (including phenoxy) is 1. The van der Waals surface area contributed by atoms with Crippen LogP contribution < -0.4 is 9.64 Å². The maximum Gasteiger partial charge on any atom is 0.257 e. The van der Waals surface area contributed by atoms with Crippen molar-refractivity contribution in [1.82, 2.24) is 20.0 Å². The number of aromatic nitrogens is 2. The minimum atomic E-state index is -0.576. The number of methoxy groups -OCH3 is 1. The van der Waals surface area contributed by atoms with Gasteiger partial charge in [0.1, 0.15) is 18.1 Å². The number of nitrogens with zero attached hydrogens (tertiary/aromatic N) is 5. The van der Waals surface area contributed by atoms with Crippen molar-refractivity contribution in [2.45, 2.75) is 26.7 Å². The number of carbonyl (C=O) groups excluding carboxylic acids is 2. The summed E-state index contributed by atoms with van der Waals surface area (Å²) in [6.45, 7) is 6.80. The van der Waals surface area contributed by atoms with Crippen LogP contribution in [0.25, 0.3) is 11.3 Å². The molecule has 1 atom stereocenters. The van der Waals surface area contributed by atoms with E-state index < -0.39 is 11.7 Å². The largest absolute Gasteiger partial charge is 0.497 e. The van der Waals surface area contributed by atoms with Crippen LogP contribution in [0.1, 0.15) is 37.0 Å².